The standard InChI is InChI=1S/C14H22BrNO/c1-3-6-13(4-2)16-10-14(17)11-7-5-8-12(15)9-11/h5,7-9,13-14,16-17H,3-4,6,10H2,1-2H3. The van der Waals surface area contributed by atoms with Crippen LogP contribution in [0.4, 0.5) is 0 Å². The van der Waals surface area contributed by atoms with Crippen LogP contribution in [-0.2, 0) is 0 Å². The molecule has 3 heteroatoms. The lowest BCUT2D eigenvalue weighted by Gasteiger charge is -2.19. The molecule has 1 aromatic rings. The van der Waals surface area contributed by atoms with Gasteiger partial charge in [0.1, 0.15) is 0 Å². The van der Waals surface area contributed by atoms with Crippen LogP contribution in [0.5, 0.6) is 0 Å². The molecular formula is C14H22BrNO. The summed E-state index contributed by atoms with van der Waals surface area (Å²) < 4.78 is 1.01. The Labute approximate surface area is 113 Å². The third kappa shape index (κ3) is 5.19. The Morgan fingerprint density at radius 3 is 2.71 bits per heavy atom. The van der Waals surface area contributed by atoms with Gasteiger partial charge >= 0.3 is 0 Å². The van der Waals surface area contributed by atoms with Crippen molar-refractivity contribution in [2.45, 2.75) is 45.3 Å². The molecule has 0 saturated heterocycles. The van der Waals surface area contributed by atoms with Gasteiger partial charge in [-0.2, -0.15) is 0 Å². The van der Waals surface area contributed by atoms with E-state index >= 15 is 0 Å². The highest BCUT2D eigenvalue weighted by atomic mass is 79.9. The van der Waals surface area contributed by atoms with Crippen molar-refractivity contribution in [3.63, 3.8) is 0 Å². The molecule has 0 aliphatic carbocycles. The second kappa shape index (κ2) is 7.85. The topological polar surface area (TPSA) is 32.3 Å². The van der Waals surface area contributed by atoms with Gasteiger partial charge in [-0.1, -0.05) is 48.3 Å². The van der Waals surface area contributed by atoms with Crippen LogP contribution >= 0.6 is 15.9 Å². The molecule has 2 unspecified atom stereocenters. The van der Waals surface area contributed by atoms with Crippen LogP contribution in [0.1, 0.15) is 44.8 Å². The van der Waals surface area contributed by atoms with Crippen molar-refractivity contribution in [3.8, 4) is 0 Å². The van der Waals surface area contributed by atoms with E-state index in [-0.39, 0.29) is 0 Å². The molecule has 0 saturated carbocycles. The molecule has 2 nitrogen and oxygen atoms in total. The zero-order chi connectivity index (χ0) is 12.7. The molecule has 2 atom stereocenters. The summed E-state index contributed by atoms with van der Waals surface area (Å²) in [6, 6.07) is 8.36. The summed E-state index contributed by atoms with van der Waals surface area (Å²) in [5.74, 6) is 0. The quantitative estimate of drug-likeness (QED) is 0.805. The second-order valence-corrected chi connectivity index (χ2v) is 5.29. The maximum atomic E-state index is 10.1. The van der Waals surface area contributed by atoms with E-state index in [1.54, 1.807) is 0 Å². The Morgan fingerprint density at radius 2 is 2.12 bits per heavy atom. The largest absolute Gasteiger partial charge is 0.387 e. The fourth-order valence-corrected chi connectivity index (χ4v) is 2.33. The molecule has 17 heavy (non-hydrogen) atoms. The van der Waals surface area contributed by atoms with Gasteiger partial charge < -0.3 is 10.4 Å². The van der Waals surface area contributed by atoms with Crippen LogP contribution < -0.4 is 5.32 Å². The number of halogens is 1. The minimum atomic E-state index is -0.432. The molecule has 0 heterocycles. The predicted molar refractivity (Wildman–Crippen MR) is 76.1 cm³/mol. The maximum absolute atomic E-state index is 10.1. The lowest BCUT2D eigenvalue weighted by molar-refractivity contribution is 0.168. The first-order valence-corrected chi connectivity index (χ1v) is 7.13. The number of rotatable bonds is 7. The summed E-state index contributed by atoms with van der Waals surface area (Å²) in [5, 5.41) is 13.5. The van der Waals surface area contributed by atoms with E-state index in [4.69, 9.17) is 0 Å². The summed E-state index contributed by atoms with van der Waals surface area (Å²) in [5.41, 5.74) is 0.957. The highest BCUT2D eigenvalue weighted by Crippen LogP contribution is 2.18. The van der Waals surface area contributed by atoms with Crippen molar-refractivity contribution in [1.82, 2.24) is 5.32 Å². The molecule has 0 amide bonds. The maximum Gasteiger partial charge on any atom is 0.0914 e. The van der Waals surface area contributed by atoms with Gasteiger partial charge in [-0.15, -0.1) is 0 Å². The minimum Gasteiger partial charge on any atom is -0.387 e. The summed E-state index contributed by atoms with van der Waals surface area (Å²) in [7, 11) is 0. The first kappa shape index (κ1) is 14.7. The van der Waals surface area contributed by atoms with Crippen molar-refractivity contribution < 1.29 is 5.11 Å². The van der Waals surface area contributed by atoms with Gasteiger partial charge in [-0.25, -0.2) is 0 Å². The van der Waals surface area contributed by atoms with Crippen LogP contribution in [-0.4, -0.2) is 17.7 Å². The number of benzene rings is 1. The molecule has 1 aromatic carbocycles. The van der Waals surface area contributed by atoms with E-state index in [0.717, 1.165) is 16.5 Å². The van der Waals surface area contributed by atoms with Gasteiger partial charge in [0.25, 0.3) is 0 Å². The number of nitrogens with one attached hydrogen (secondary N) is 1. The van der Waals surface area contributed by atoms with Crippen molar-refractivity contribution in [2.24, 2.45) is 0 Å². The zero-order valence-electron chi connectivity index (χ0n) is 10.6. The number of aliphatic hydroxyl groups is 1. The van der Waals surface area contributed by atoms with E-state index < -0.39 is 6.10 Å². The Bertz CT molecular complexity index is 330. The number of hydrogen-bond donors (Lipinski definition) is 2. The van der Waals surface area contributed by atoms with Crippen LogP contribution in [0, 0.1) is 0 Å². The van der Waals surface area contributed by atoms with Gasteiger partial charge in [0.15, 0.2) is 0 Å². The highest BCUT2D eigenvalue weighted by molar-refractivity contribution is 9.10. The number of aliphatic hydroxyl groups excluding tert-OH is 1. The summed E-state index contributed by atoms with van der Waals surface area (Å²) in [6.45, 7) is 4.99. The lowest BCUT2D eigenvalue weighted by atomic mass is 10.1. The normalized spacial score (nSPS) is 14.6. The molecule has 0 fully saturated rings. The van der Waals surface area contributed by atoms with Crippen LogP contribution in [0.3, 0.4) is 0 Å². The fourth-order valence-electron chi connectivity index (χ4n) is 1.91. The average molecular weight is 300 g/mol. The van der Waals surface area contributed by atoms with E-state index in [0.29, 0.717) is 12.6 Å². The van der Waals surface area contributed by atoms with E-state index in [1.165, 1.54) is 12.8 Å². The summed E-state index contributed by atoms with van der Waals surface area (Å²) in [4.78, 5) is 0. The average Bonchev–Trinajstić information content (AvgIpc) is 2.34. The van der Waals surface area contributed by atoms with Crippen molar-refractivity contribution in [3.05, 3.63) is 34.3 Å². The molecule has 1 rings (SSSR count). The molecular weight excluding hydrogens is 278 g/mol. The highest BCUT2D eigenvalue weighted by Gasteiger charge is 2.10. The molecule has 0 radical (unpaired) electrons. The molecule has 0 bridgehead atoms. The molecule has 96 valence electrons. The Hall–Kier alpha value is -0.380. The van der Waals surface area contributed by atoms with Gasteiger partial charge in [0.2, 0.25) is 0 Å². The van der Waals surface area contributed by atoms with Crippen LogP contribution in [0.15, 0.2) is 28.7 Å². The predicted octanol–water partition coefficient (Wildman–Crippen LogP) is 3.65. The van der Waals surface area contributed by atoms with Gasteiger partial charge in [-0.05, 0) is 30.5 Å². The molecule has 0 aliphatic rings. The molecule has 0 aliphatic heterocycles. The summed E-state index contributed by atoms with van der Waals surface area (Å²) in [6.07, 6.45) is 3.03. The number of hydrogen-bond acceptors (Lipinski definition) is 2. The van der Waals surface area contributed by atoms with Crippen molar-refractivity contribution in [1.29, 1.82) is 0 Å². The smallest absolute Gasteiger partial charge is 0.0914 e. The Kier molecular flexibility index (Phi) is 6.78. The Balaban J connectivity index is 2.46. The minimum absolute atomic E-state index is 0.432. The van der Waals surface area contributed by atoms with E-state index in [2.05, 4.69) is 35.1 Å². The van der Waals surface area contributed by atoms with Crippen LogP contribution in [0.2, 0.25) is 0 Å². The first-order valence-electron chi connectivity index (χ1n) is 6.34. The molecule has 0 aromatic heterocycles. The monoisotopic (exact) mass is 299 g/mol. The van der Waals surface area contributed by atoms with Crippen molar-refractivity contribution >= 4 is 15.9 Å². The molecule has 0 spiro atoms. The van der Waals surface area contributed by atoms with E-state index in [1.807, 2.05) is 24.3 Å². The van der Waals surface area contributed by atoms with Gasteiger partial charge in [0.05, 0.1) is 6.10 Å². The lowest BCUT2D eigenvalue weighted by Crippen LogP contribution is -2.32. The van der Waals surface area contributed by atoms with Gasteiger partial charge in [0, 0.05) is 17.1 Å². The van der Waals surface area contributed by atoms with Crippen molar-refractivity contribution in [2.75, 3.05) is 6.54 Å². The molecule has 2 N–H and O–H groups in total. The fraction of sp³-hybridized carbons (Fsp3) is 0.571. The Morgan fingerprint density at radius 1 is 1.35 bits per heavy atom. The zero-order valence-corrected chi connectivity index (χ0v) is 12.2. The second-order valence-electron chi connectivity index (χ2n) is 4.37. The third-order valence-electron chi connectivity index (χ3n) is 2.96. The SMILES string of the molecule is CCCC(CC)NCC(O)c1cccc(Br)c1. The first-order chi connectivity index (χ1) is 8.17. The summed E-state index contributed by atoms with van der Waals surface area (Å²) >= 11 is 3.42. The van der Waals surface area contributed by atoms with E-state index in [9.17, 15) is 5.11 Å². The van der Waals surface area contributed by atoms with Crippen LogP contribution in [0.25, 0.3) is 0 Å². The third-order valence-corrected chi connectivity index (χ3v) is 3.46. The van der Waals surface area contributed by atoms with Gasteiger partial charge in [-0.3, -0.25) is 0 Å².